The van der Waals surface area contributed by atoms with Crippen molar-refractivity contribution in [2.45, 2.75) is 24.0 Å². The van der Waals surface area contributed by atoms with Gasteiger partial charge in [0.1, 0.15) is 73.1 Å². The molecule has 0 amide bonds. The molecule has 4 heterocycles. The molecule has 6 rings (SSSR count). The van der Waals surface area contributed by atoms with E-state index in [4.69, 9.17) is 20.3 Å². The van der Waals surface area contributed by atoms with Crippen LogP contribution in [0.25, 0.3) is 10.1 Å². The van der Waals surface area contributed by atoms with Crippen molar-refractivity contribution < 1.29 is 40.5 Å². The minimum Gasteiger partial charge on any atom is -0.493 e. The van der Waals surface area contributed by atoms with Crippen molar-refractivity contribution in [2.75, 3.05) is 71.8 Å². The van der Waals surface area contributed by atoms with E-state index in [-0.39, 0.29) is 15.5 Å². The van der Waals surface area contributed by atoms with Crippen molar-refractivity contribution >= 4 is 39.0 Å². The van der Waals surface area contributed by atoms with Gasteiger partial charge in [-0.15, -0.1) is 11.3 Å². The summed E-state index contributed by atoms with van der Waals surface area (Å²) in [6.45, 7) is 12.6. The first-order chi connectivity index (χ1) is 20.9. The Hall–Kier alpha value is -2.60. The number of hydrogen-bond acceptors (Lipinski definition) is 8. The van der Waals surface area contributed by atoms with E-state index in [1.165, 1.54) is 54.8 Å². The molecule has 44 heavy (non-hydrogen) atoms. The summed E-state index contributed by atoms with van der Waals surface area (Å²) in [5.74, 6) is -0.558. The summed E-state index contributed by atoms with van der Waals surface area (Å²) in [5.41, 5.74) is 6.00. The number of fused-ring (bicyclic) bond motifs is 4. The molecule has 3 aliphatic rings. The predicted octanol–water partition coefficient (Wildman–Crippen LogP) is 3.50. The molecule has 1 atom stereocenters. The van der Waals surface area contributed by atoms with Crippen LogP contribution in [0.15, 0.2) is 40.6 Å². The molecule has 238 valence electrons. The first-order valence-corrected chi connectivity index (χ1v) is 18.7. The zero-order chi connectivity index (χ0) is 31.6. The Morgan fingerprint density at radius 2 is 1.70 bits per heavy atom. The number of sulfonamides is 1. The summed E-state index contributed by atoms with van der Waals surface area (Å²) in [7, 11) is -8.70. The van der Waals surface area contributed by atoms with Gasteiger partial charge in [-0.05, 0) is 49.4 Å². The molecule has 3 fully saturated rings. The van der Waals surface area contributed by atoms with Crippen LogP contribution in [0.5, 0.6) is 11.5 Å². The summed E-state index contributed by atoms with van der Waals surface area (Å²) in [6, 6.07) is 10.2. The number of nitrogens with one attached hydrogen (secondary N) is 1. The highest BCUT2D eigenvalue weighted by molar-refractivity contribution is 7.92. The lowest BCUT2D eigenvalue weighted by atomic mass is 10.1. The van der Waals surface area contributed by atoms with Crippen molar-refractivity contribution in [3.05, 3.63) is 53.3 Å². The van der Waals surface area contributed by atoms with Crippen LogP contribution in [0.4, 0.5) is 4.39 Å². The van der Waals surface area contributed by atoms with Gasteiger partial charge in [-0.2, -0.15) is 9.98 Å². The number of nitrogens with zero attached hydrogens (tertiary/aromatic N) is 3. The van der Waals surface area contributed by atoms with Crippen LogP contribution in [0.1, 0.15) is 24.0 Å². The number of benzene rings is 2. The smallest absolute Gasteiger partial charge is 0.391 e. The lowest BCUT2D eigenvalue weighted by Gasteiger charge is -2.55. The SMILES string of the molecule is Cc1c(S(=O)(=O)NCP(=O)(O)Oc2ccc(C#N)c(F)c2)sc2ccc(OCCC[N+]34CC[N+](CCCN)(CC3)CC4)cc12. The largest absolute Gasteiger partial charge is 0.493 e. The predicted molar refractivity (Wildman–Crippen MR) is 167 cm³/mol. The third-order valence-corrected chi connectivity index (χ3v) is 13.5. The number of hydrogen-bond donors (Lipinski definition) is 3. The van der Waals surface area contributed by atoms with E-state index >= 15 is 0 Å². The number of piperazine rings is 3. The molecule has 0 saturated carbocycles. The number of halogens is 1. The fourth-order valence-electron chi connectivity index (χ4n) is 6.23. The maximum absolute atomic E-state index is 13.8. The van der Waals surface area contributed by atoms with Crippen LogP contribution in [0, 0.1) is 24.1 Å². The van der Waals surface area contributed by atoms with E-state index in [1.807, 2.05) is 18.2 Å². The molecule has 11 nitrogen and oxygen atoms in total. The topological polar surface area (TPSA) is 152 Å². The molecule has 2 bridgehead atoms. The monoisotopic (exact) mass is 667 g/mol. The molecule has 4 N–H and O–H groups in total. The second-order valence-corrected chi connectivity index (χ2v) is 16.6. The molecule has 3 saturated heterocycles. The van der Waals surface area contributed by atoms with Gasteiger partial charge in [0.2, 0.25) is 0 Å². The summed E-state index contributed by atoms with van der Waals surface area (Å²) in [6.07, 6.45) is 1.10. The number of thiophene rings is 1. The van der Waals surface area contributed by atoms with Gasteiger partial charge < -0.3 is 28.9 Å². The second-order valence-electron chi connectivity index (χ2n) is 11.8. The van der Waals surface area contributed by atoms with Crippen LogP contribution in [0.2, 0.25) is 0 Å². The third kappa shape index (κ3) is 7.27. The van der Waals surface area contributed by atoms with E-state index in [9.17, 15) is 22.3 Å². The zero-order valence-electron chi connectivity index (χ0n) is 24.7. The number of nitriles is 1. The first-order valence-electron chi connectivity index (χ1n) is 14.7. The molecule has 0 aliphatic carbocycles. The molecule has 3 aliphatic heterocycles. The summed E-state index contributed by atoms with van der Waals surface area (Å²) < 4.78 is 68.9. The molecular formula is C29H39FN5O6PS2+2. The van der Waals surface area contributed by atoms with Crippen molar-refractivity contribution in [1.82, 2.24) is 4.72 Å². The minimum atomic E-state index is -4.53. The zero-order valence-corrected chi connectivity index (χ0v) is 27.2. The molecule has 0 spiro atoms. The molecular weight excluding hydrogens is 628 g/mol. The first kappa shape index (κ1) is 32.8. The molecule has 2 aromatic carbocycles. The van der Waals surface area contributed by atoms with Crippen LogP contribution >= 0.6 is 18.9 Å². The maximum Gasteiger partial charge on any atom is 0.391 e. The highest BCUT2D eigenvalue weighted by Gasteiger charge is 2.48. The normalized spacial score (nSPS) is 22.9. The number of rotatable bonds is 14. The average Bonchev–Trinajstić information content (AvgIpc) is 3.35. The lowest BCUT2D eigenvalue weighted by Crippen LogP contribution is -2.75. The lowest BCUT2D eigenvalue weighted by molar-refractivity contribution is -1.08. The summed E-state index contributed by atoms with van der Waals surface area (Å²) in [4.78, 5) is 10.2. The number of nitrogens with two attached hydrogens (primary N) is 1. The third-order valence-electron chi connectivity index (χ3n) is 8.90. The van der Waals surface area contributed by atoms with Gasteiger partial charge >= 0.3 is 7.60 Å². The fraction of sp³-hybridized carbons (Fsp3) is 0.483. The standard InChI is InChI=1S/C29H38FN5O6PS2/c1-22-26-18-24(40-17-3-10-35-14-11-34(12-15-35,13-16-35)9-2-8-31)6-7-28(26)43-29(22)44(38,39)33-21-42(36,37)41-25-5-4-23(20-32)27(30)19-25/h4-7,18-19,33H,2-3,8-17,21,31H2,1H3/q+1/p+1. The summed E-state index contributed by atoms with van der Waals surface area (Å²) >= 11 is 1.05. The Kier molecular flexibility index (Phi) is 9.70. The maximum atomic E-state index is 13.8. The van der Waals surface area contributed by atoms with Gasteiger partial charge in [-0.25, -0.2) is 17.4 Å². The highest BCUT2D eigenvalue weighted by atomic mass is 32.2. The van der Waals surface area contributed by atoms with Crippen LogP contribution < -0.4 is 19.7 Å². The minimum absolute atomic E-state index is 0.0148. The van der Waals surface area contributed by atoms with Gasteiger partial charge in [0.15, 0.2) is 0 Å². The van der Waals surface area contributed by atoms with E-state index in [0.29, 0.717) is 17.9 Å². The number of quaternary nitrogens is 2. The Bertz CT molecular complexity index is 1700. The van der Waals surface area contributed by atoms with Crippen molar-refractivity contribution in [3.8, 4) is 17.6 Å². The molecule has 1 aromatic heterocycles. The van der Waals surface area contributed by atoms with Crippen LogP contribution in [-0.2, 0) is 14.6 Å². The van der Waals surface area contributed by atoms with Gasteiger partial charge in [0.05, 0.1) is 25.3 Å². The molecule has 0 radical (unpaired) electrons. The van der Waals surface area contributed by atoms with Crippen molar-refractivity contribution in [2.24, 2.45) is 5.73 Å². The second kappa shape index (κ2) is 13.0. The fourth-order valence-corrected chi connectivity index (χ4v) is 10.5. The van der Waals surface area contributed by atoms with E-state index in [1.54, 1.807) is 13.0 Å². The molecule has 3 aromatic rings. The Balaban J connectivity index is 1.16. The van der Waals surface area contributed by atoms with E-state index in [0.717, 1.165) is 65.6 Å². The average molecular weight is 668 g/mol. The van der Waals surface area contributed by atoms with Crippen LogP contribution in [-0.4, -0.2) is 94.1 Å². The Morgan fingerprint density at radius 1 is 1.07 bits per heavy atom. The van der Waals surface area contributed by atoms with E-state index in [2.05, 4.69) is 4.72 Å². The number of aryl methyl sites for hydroxylation is 1. The van der Waals surface area contributed by atoms with Gasteiger partial charge in [0.25, 0.3) is 10.0 Å². The van der Waals surface area contributed by atoms with Gasteiger partial charge in [0, 0.05) is 29.0 Å². The molecule has 1 unspecified atom stereocenters. The van der Waals surface area contributed by atoms with Crippen molar-refractivity contribution in [3.63, 3.8) is 0 Å². The Labute approximate surface area is 261 Å². The quantitative estimate of drug-likeness (QED) is 0.134. The highest BCUT2D eigenvalue weighted by Crippen LogP contribution is 2.43. The van der Waals surface area contributed by atoms with Crippen LogP contribution in [0.3, 0.4) is 0 Å². The number of ether oxygens (including phenoxy) is 1. The molecule has 15 heteroatoms. The van der Waals surface area contributed by atoms with Crippen molar-refractivity contribution in [1.29, 1.82) is 5.26 Å². The Morgan fingerprint density at radius 3 is 2.32 bits per heavy atom. The summed E-state index contributed by atoms with van der Waals surface area (Å²) in [5, 5.41) is 9.56. The van der Waals surface area contributed by atoms with Gasteiger partial charge in [-0.1, -0.05) is 0 Å². The van der Waals surface area contributed by atoms with Gasteiger partial charge in [-0.3, -0.25) is 0 Å². The van der Waals surface area contributed by atoms with E-state index < -0.39 is 29.7 Å².